The molecule has 0 bridgehead atoms. The van der Waals surface area contributed by atoms with Gasteiger partial charge in [-0.2, -0.15) is 13.2 Å². The molecule has 1 unspecified atom stereocenters. The van der Waals surface area contributed by atoms with E-state index in [9.17, 15) is 18.0 Å². The summed E-state index contributed by atoms with van der Waals surface area (Å²) >= 11 is 0. The third kappa shape index (κ3) is 5.90. The summed E-state index contributed by atoms with van der Waals surface area (Å²) in [6.07, 6.45) is -4.19. The van der Waals surface area contributed by atoms with Crippen LogP contribution in [0.1, 0.15) is 11.1 Å². The molecule has 1 atom stereocenters. The van der Waals surface area contributed by atoms with E-state index in [0.717, 1.165) is 0 Å². The van der Waals surface area contributed by atoms with Crippen LogP contribution < -0.4 is 10.5 Å². The van der Waals surface area contributed by atoms with Gasteiger partial charge in [0, 0.05) is 5.56 Å². The van der Waals surface area contributed by atoms with E-state index in [1.165, 1.54) is 14.2 Å². The summed E-state index contributed by atoms with van der Waals surface area (Å²) in [5, 5.41) is 0. The fourth-order valence-electron chi connectivity index (χ4n) is 1.84. The number of halogens is 3. The van der Waals surface area contributed by atoms with Gasteiger partial charge < -0.3 is 19.9 Å². The third-order valence-electron chi connectivity index (χ3n) is 2.83. The maximum absolute atomic E-state index is 12.1. The lowest BCUT2D eigenvalue weighted by Crippen LogP contribution is -2.33. The second-order valence-corrected chi connectivity index (χ2v) is 4.59. The lowest BCUT2D eigenvalue weighted by atomic mass is 10.0. The van der Waals surface area contributed by atoms with Crippen LogP contribution in [0.25, 0.3) is 0 Å². The molecular formula is C14H18F3NO4. The zero-order chi connectivity index (χ0) is 16.8. The number of rotatable bonds is 7. The molecule has 0 aliphatic carbocycles. The predicted octanol–water partition coefficient (Wildman–Crippen LogP) is 1.82. The van der Waals surface area contributed by atoms with E-state index in [0.29, 0.717) is 16.9 Å². The maximum Gasteiger partial charge on any atom is 0.411 e. The Labute approximate surface area is 126 Å². The van der Waals surface area contributed by atoms with E-state index in [-0.39, 0.29) is 13.0 Å². The number of methoxy groups -OCH3 is 2. The van der Waals surface area contributed by atoms with E-state index in [1.54, 1.807) is 18.2 Å². The SMILES string of the molecule is COC(=O)C(N)Cc1ccc(OC)c(COCC(F)(F)F)c1. The van der Waals surface area contributed by atoms with Crippen LogP contribution in [-0.4, -0.2) is 39.0 Å². The maximum atomic E-state index is 12.1. The lowest BCUT2D eigenvalue weighted by Gasteiger charge is -2.14. The minimum absolute atomic E-state index is 0.197. The zero-order valence-corrected chi connectivity index (χ0v) is 12.3. The van der Waals surface area contributed by atoms with Gasteiger partial charge in [-0.1, -0.05) is 6.07 Å². The molecular weight excluding hydrogens is 303 g/mol. The molecule has 0 aliphatic heterocycles. The van der Waals surface area contributed by atoms with Crippen LogP contribution in [0.2, 0.25) is 0 Å². The van der Waals surface area contributed by atoms with Crippen LogP contribution >= 0.6 is 0 Å². The molecule has 1 aromatic carbocycles. The highest BCUT2D eigenvalue weighted by Gasteiger charge is 2.27. The van der Waals surface area contributed by atoms with Crippen molar-refractivity contribution < 1.29 is 32.2 Å². The topological polar surface area (TPSA) is 70.8 Å². The monoisotopic (exact) mass is 321 g/mol. The summed E-state index contributed by atoms with van der Waals surface area (Å²) in [6.45, 7) is -1.61. The van der Waals surface area contributed by atoms with E-state index in [2.05, 4.69) is 9.47 Å². The van der Waals surface area contributed by atoms with Gasteiger partial charge >= 0.3 is 12.1 Å². The zero-order valence-electron chi connectivity index (χ0n) is 12.3. The van der Waals surface area contributed by atoms with Gasteiger partial charge in [-0.3, -0.25) is 4.79 Å². The fraction of sp³-hybridized carbons (Fsp3) is 0.500. The Bertz CT molecular complexity index is 505. The van der Waals surface area contributed by atoms with Crippen molar-refractivity contribution in [2.24, 2.45) is 5.73 Å². The number of esters is 1. The van der Waals surface area contributed by atoms with Crippen LogP contribution in [0, 0.1) is 0 Å². The van der Waals surface area contributed by atoms with Gasteiger partial charge in [0.25, 0.3) is 0 Å². The number of nitrogens with two attached hydrogens (primary N) is 1. The van der Waals surface area contributed by atoms with Gasteiger partial charge in [0.2, 0.25) is 0 Å². The summed E-state index contributed by atoms with van der Waals surface area (Å²) in [6, 6.07) is 4.01. The summed E-state index contributed by atoms with van der Waals surface area (Å²) in [4.78, 5) is 11.3. The van der Waals surface area contributed by atoms with Crippen molar-refractivity contribution in [1.29, 1.82) is 0 Å². The number of carbonyl (C=O) groups is 1. The Balaban J connectivity index is 2.78. The highest BCUT2D eigenvalue weighted by molar-refractivity contribution is 5.75. The normalized spacial score (nSPS) is 12.8. The number of alkyl halides is 3. The largest absolute Gasteiger partial charge is 0.496 e. The number of hydrogen-bond donors (Lipinski definition) is 1. The standard InChI is InChI=1S/C14H18F3NO4/c1-20-12-4-3-9(6-11(18)13(19)21-2)5-10(12)7-22-8-14(15,16)17/h3-5,11H,6-8,18H2,1-2H3. The number of ether oxygens (including phenoxy) is 3. The minimum atomic E-state index is -4.39. The van der Waals surface area contributed by atoms with E-state index >= 15 is 0 Å². The Kier molecular flexibility index (Phi) is 6.63. The molecule has 124 valence electrons. The first-order valence-corrected chi connectivity index (χ1v) is 6.40. The number of benzene rings is 1. The van der Waals surface area contributed by atoms with Gasteiger partial charge in [0.05, 0.1) is 20.8 Å². The van der Waals surface area contributed by atoms with Crippen LogP contribution in [0.15, 0.2) is 18.2 Å². The lowest BCUT2D eigenvalue weighted by molar-refractivity contribution is -0.176. The molecule has 1 rings (SSSR count). The van der Waals surface area contributed by atoms with Crippen LogP contribution in [-0.2, 0) is 27.3 Å². The van der Waals surface area contributed by atoms with E-state index < -0.39 is 24.8 Å². The molecule has 0 spiro atoms. The Morgan fingerprint density at radius 3 is 2.55 bits per heavy atom. The van der Waals surface area contributed by atoms with Crippen molar-refractivity contribution in [3.8, 4) is 5.75 Å². The molecule has 0 heterocycles. The molecule has 5 nitrogen and oxygen atoms in total. The molecule has 2 N–H and O–H groups in total. The predicted molar refractivity (Wildman–Crippen MR) is 72.4 cm³/mol. The molecule has 0 saturated carbocycles. The van der Waals surface area contributed by atoms with Gasteiger partial charge in [-0.25, -0.2) is 0 Å². The van der Waals surface area contributed by atoms with Gasteiger partial charge in [-0.15, -0.1) is 0 Å². The average molecular weight is 321 g/mol. The third-order valence-corrected chi connectivity index (χ3v) is 2.83. The van der Waals surface area contributed by atoms with Gasteiger partial charge in [0.1, 0.15) is 18.4 Å². The van der Waals surface area contributed by atoms with E-state index in [4.69, 9.17) is 10.5 Å². The molecule has 22 heavy (non-hydrogen) atoms. The number of carbonyl (C=O) groups excluding carboxylic acids is 1. The second-order valence-electron chi connectivity index (χ2n) is 4.59. The Hall–Kier alpha value is -1.80. The quantitative estimate of drug-likeness (QED) is 0.776. The highest BCUT2D eigenvalue weighted by Crippen LogP contribution is 2.23. The van der Waals surface area contributed by atoms with Gasteiger partial charge in [0.15, 0.2) is 0 Å². The van der Waals surface area contributed by atoms with Crippen LogP contribution in [0.4, 0.5) is 13.2 Å². The first kappa shape index (κ1) is 18.2. The van der Waals surface area contributed by atoms with Crippen LogP contribution in [0.3, 0.4) is 0 Å². The van der Waals surface area contributed by atoms with Crippen molar-refractivity contribution in [1.82, 2.24) is 0 Å². The van der Waals surface area contributed by atoms with Crippen LogP contribution in [0.5, 0.6) is 5.75 Å². The molecule has 8 heteroatoms. The molecule has 0 aromatic heterocycles. The van der Waals surface area contributed by atoms with Crippen molar-refractivity contribution in [3.63, 3.8) is 0 Å². The minimum Gasteiger partial charge on any atom is -0.496 e. The summed E-state index contributed by atoms with van der Waals surface area (Å²) in [7, 11) is 2.63. The van der Waals surface area contributed by atoms with E-state index in [1.807, 2.05) is 0 Å². The molecule has 0 fully saturated rings. The van der Waals surface area contributed by atoms with Crippen molar-refractivity contribution in [3.05, 3.63) is 29.3 Å². The Morgan fingerprint density at radius 1 is 1.32 bits per heavy atom. The summed E-state index contributed by atoms with van der Waals surface area (Å²) < 4.78 is 50.5. The first-order chi connectivity index (χ1) is 10.3. The molecule has 0 amide bonds. The first-order valence-electron chi connectivity index (χ1n) is 6.40. The summed E-state index contributed by atoms with van der Waals surface area (Å²) in [5.74, 6) is -0.164. The average Bonchev–Trinajstić information content (AvgIpc) is 2.45. The highest BCUT2D eigenvalue weighted by atomic mass is 19.4. The van der Waals surface area contributed by atoms with Crippen molar-refractivity contribution in [2.75, 3.05) is 20.8 Å². The van der Waals surface area contributed by atoms with Gasteiger partial charge in [-0.05, 0) is 24.1 Å². The second kappa shape index (κ2) is 8.00. The molecule has 0 radical (unpaired) electrons. The fourth-order valence-corrected chi connectivity index (χ4v) is 1.84. The molecule has 0 aliphatic rings. The smallest absolute Gasteiger partial charge is 0.411 e. The van der Waals surface area contributed by atoms with Crippen molar-refractivity contribution in [2.45, 2.75) is 25.2 Å². The molecule has 0 saturated heterocycles. The van der Waals surface area contributed by atoms with Crippen molar-refractivity contribution >= 4 is 5.97 Å². The molecule has 1 aromatic rings. The number of hydrogen-bond acceptors (Lipinski definition) is 5. The Morgan fingerprint density at radius 2 is 2.00 bits per heavy atom. The summed E-state index contributed by atoms with van der Waals surface area (Å²) in [5.41, 5.74) is 6.77.